The molecule has 0 aliphatic heterocycles. The van der Waals surface area contributed by atoms with E-state index < -0.39 is 0 Å². The van der Waals surface area contributed by atoms with Crippen molar-refractivity contribution in [2.75, 3.05) is 6.61 Å². The molecule has 1 atom stereocenters. The number of ether oxygens (including phenoxy) is 1. The van der Waals surface area contributed by atoms with Crippen molar-refractivity contribution in [1.29, 1.82) is 0 Å². The number of amides is 1. The first-order chi connectivity index (χ1) is 12.2. The van der Waals surface area contributed by atoms with Crippen LogP contribution in [0.3, 0.4) is 0 Å². The van der Waals surface area contributed by atoms with E-state index >= 15 is 0 Å². The molecule has 0 saturated carbocycles. The molecule has 2 aromatic carbocycles. The molecule has 3 aromatic rings. The van der Waals surface area contributed by atoms with Gasteiger partial charge >= 0.3 is 0 Å². The molecule has 25 heavy (non-hydrogen) atoms. The van der Waals surface area contributed by atoms with Gasteiger partial charge in [-0.15, -0.1) is 0 Å². The van der Waals surface area contributed by atoms with Crippen LogP contribution in [-0.4, -0.2) is 22.3 Å². The second-order valence-corrected chi connectivity index (χ2v) is 5.69. The summed E-state index contributed by atoms with van der Waals surface area (Å²) in [5.74, 6) is 0.729. The number of aromatic nitrogens is 2. The van der Waals surface area contributed by atoms with E-state index in [4.69, 9.17) is 4.74 Å². The number of nitrogens with zero attached hydrogens (tertiary/aromatic N) is 2. The van der Waals surface area contributed by atoms with Crippen LogP contribution in [-0.2, 0) is 0 Å². The fraction of sp³-hybridized carbons (Fsp3) is 0.200. The van der Waals surface area contributed by atoms with Gasteiger partial charge in [-0.05, 0) is 61.9 Å². The number of carbonyl (C=O) groups excluding carboxylic acids is 1. The van der Waals surface area contributed by atoms with Gasteiger partial charge in [-0.3, -0.25) is 4.79 Å². The Labute approximate surface area is 147 Å². The third kappa shape index (κ3) is 4.07. The predicted octanol–water partition coefficient (Wildman–Crippen LogP) is 3.76. The van der Waals surface area contributed by atoms with E-state index in [1.165, 1.54) is 0 Å². The summed E-state index contributed by atoms with van der Waals surface area (Å²) in [4.78, 5) is 12.4. The fourth-order valence-electron chi connectivity index (χ4n) is 2.57. The highest BCUT2D eigenvalue weighted by Gasteiger charge is 2.12. The minimum atomic E-state index is -0.103. The maximum Gasteiger partial charge on any atom is 0.251 e. The fourth-order valence-corrected chi connectivity index (χ4v) is 2.57. The number of nitrogens with one attached hydrogen (secondary N) is 1. The van der Waals surface area contributed by atoms with E-state index in [-0.39, 0.29) is 11.9 Å². The van der Waals surface area contributed by atoms with Gasteiger partial charge in [-0.1, -0.05) is 12.1 Å². The molecule has 1 unspecified atom stereocenters. The van der Waals surface area contributed by atoms with Crippen LogP contribution in [0.25, 0.3) is 5.69 Å². The third-order valence-corrected chi connectivity index (χ3v) is 3.94. The molecule has 0 saturated heterocycles. The van der Waals surface area contributed by atoms with Crippen LogP contribution in [0.4, 0.5) is 0 Å². The van der Waals surface area contributed by atoms with E-state index in [0.717, 1.165) is 17.0 Å². The van der Waals surface area contributed by atoms with Crippen molar-refractivity contribution in [1.82, 2.24) is 15.1 Å². The monoisotopic (exact) mass is 335 g/mol. The average molecular weight is 335 g/mol. The molecule has 1 aromatic heterocycles. The molecule has 1 amide bonds. The molecule has 0 aliphatic rings. The Morgan fingerprint density at radius 1 is 1.16 bits per heavy atom. The molecule has 0 spiro atoms. The summed E-state index contributed by atoms with van der Waals surface area (Å²) < 4.78 is 7.19. The topological polar surface area (TPSA) is 56.1 Å². The van der Waals surface area contributed by atoms with Gasteiger partial charge in [0.25, 0.3) is 5.91 Å². The van der Waals surface area contributed by atoms with Crippen molar-refractivity contribution in [3.05, 3.63) is 78.1 Å². The lowest BCUT2D eigenvalue weighted by Gasteiger charge is -2.15. The maximum absolute atomic E-state index is 12.4. The summed E-state index contributed by atoms with van der Waals surface area (Å²) in [7, 11) is 0. The molecule has 1 N–H and O–H groups in total. The number of rotatable bonds is 6. The normalized spacial score (nSPS) is 11.8. The first kappa shape index (κ1) is 16.8. The maximum atomic E-state index is 12.4. The zero-order valence-electron chi connectivity index (χ0n) is 14.3. The van der Waals surface area contributed by atoms with Crippen molar-refractivity contribution in [3.8, 4) is 11.4 Å². The van der Waals surface area contributed by atoms with Gasteiger partial charge in [0, 0.05) is 18.0 Å². The molecule has 0 bridgehead atoms. The number of hydrogen-bond donors (Lipinski definition) is 1. The van der Waals surface area contributed by atoms with Crippen LogP contribution >= 0.6 is 0 Å². The minimum Gasteiger partial charge on any atom is -0.494 e. The van der Waals surface area contributed by atoms with Crippen molar-refractivity contribution < 1.29 is 9.53 Å². The summed E-state index contributed by atoms with van der Waals surface area (Å²) in [6, 6.07) is 16.9. The van der Waals surface area contributed by atoms with Crippen LogP contribution in [0.5, 0.6) is 5.75 Å². The van der Waals surface area contributed by atoms with Crippen LogP contribution in [0.2, 0.25) is 0 Å². The Bertz CT molecular complexity index is 809. The Morgan fingerprint density at radius 2 is 1.88 bits per heavy atom. The van der Waals surface area contributed by atoms with E-state index in [9.17, 15) is 4.79 Å². The molecular weight excluding hydrogens is 314 g/mol. The summed E-state index contributed by atoms with van der Waals surface area (Å²) in [5, 5.41) is 7.19. The van der Waals surface area contributed by atoms with Crippen molar-refractivity contribution in [3.63, 3.8) is 0 Å². The summed E-state index contributed by atoms with van der Waals surface area (Å²) in [5.41, 5.74) is 2.57. The highest BCUT2D eigenvalue weighted by molar-refractivity contribution is 5.94. The molecular formula is C20H21N3O2. The quantitative estimate of drug-likeness (QED) is 0.746. The van der Waals surface area contributed by atoms with Gasteiger partial charge in [0.1, 0.15) is 5.75 Å². The molecule has 5 nitrogen and oxygen atoms in total. The molecule has 0 aliphatic carbocycles. The molecule has 0 fully saturated rings. The molecule has 1 heterocycles. The second-order valence-electron chi connectivity index (χ2n) is 5.69. The van der Waals surface area contributed by atoms with Crippen LogP contribution < -0.4 is 10.1 Å². The van der Waals surface area contributed by atoms with Crippen LogP contribution in [0.15, 0.2) is 67.0 Å². The van der Waals surface area contributed by atoms with Crippen molar-refractivity contribution in [2.24, 2.45) is 0 Å². The summed E-state index contributed by atoms with van der Waals surface area (Å²) >= 11 is 0. The second kappa shape index (κ2) is 7.66. The third-order valence-electron chi connectivity index (χ3n) is 3.94. The smallest absolute Gasteiger partial charge is 0.251 e. The molecule has 5 heteroatoms. The van der Waals surface area contributed by atoms with Crippen molar-refractivity contribution in [2.45, 2.75) is 19.9 Å². The zero-order valence-corrected chi connectivity index (χ0v) is 14.3. The highest BCUT2D eigenvalue weighted by atomic mass is 16.5. The molecule has 128 valence electrons. The van der Waals surface area contributed by atoms with Gasteiger partial charge in [-0.2, -0.15) is 5.10 Å². The van der Waals surface area contributed by atoms with E-state index in [0.29, 0.717) is 12.2 Å². The standard InChI is InChI=1S/C20H21N3O2/c1-3-25-19-11-7-16(8-12-19)15(2)22-20(24)17-5-9-18(10-6-17)23-14-4-13-21-23/h4-15H,3H2,1-2H3,(H,22,24). The predicted molar refractivity (Wildman–Crippen MR) is 97.1 cm³/mol. The van der Waals surface area contributed by atoms with Gasteiger partial charge < -0.3 is 10.1 Å². The zero-order chi connectivity index (χ0) is 17.6. The van der Waals surface area contributed by atoms with Gasteiger partial charge in [0.05, 0.1) is 18.3 Å². The lowest BCUT2D eigenvalue weighted by Crippen LogP contribution is -2.26. The summed E-state index contributed by atoms with van der Waals surface area (Å²) in [6.07, 6.45) is 3.59. The Hall–Kier alpha value is -3.08. The van der Waals surface area contributed by atoms with Gasteiger partial charge in [0.15, 0.2) is 0 Å². The first-order valence-electron chi connectivity index (χ1n) is 8.31. The highest BCUT2D eigenvalue weighted by Crippen LogP contribution is 2.18. The Morgan fingerprint density at radius 3 is 2.48 bits per heavy atom. The number of hydrogen-bond acceptors (Lipinski definition) is 3. The first-order valence-corrected chi connectivity index (χ1v) is 8.31. The van der Waals surface area contributed by atoms with Gasteiger partial charge in [-0.25, -0.2) is 4.68 Å². The van der Waals surface area contributed by atoms with Crippen LogP contribution in [0.1, 0.15) is 35.8 Å². The molecule has 0 radical (unpaired) electrons. The van der Waals surface area contributed by atoms with Crippen LogP contribution in [0, 0.1) is 0 Å². The largest absolute Gasteiger partial charge is 0.494 e. The number of benzene rings is 2. The Kier molecular flexibility index (Phi) is 5.14. The molecule has 3 rings (SSSR count). The minimum absolute atomic E-state index is 0.0889. The van der Waals surface area contributed by atoms with E-state index in [1.54, 1.807) is 23.0 Å². The van der Waals surface area contributed by atoms with Gasteiger partial charge in [0.2, 0.25) is 0 Å². The van der Waals surface area contributed by atoms with Crippen molar-refractivity contribution >= 4 is 5.91 Å². The van der Waals surface area contributed by atoms with E-state index in [2.05, 4.69) is 10.4 Å². The average Bonchev–Trinajstić information content (AvgIpc) is 3.17. The lowest BCUT2D eigenvalue weighted by molar-refractivity contribution is 0.0940. The Balaban J connectivity index is 1.64. The number of carbonyl (C=O) groups is 1. The summed E-state index contributed by atoms with van der Waals surface area (Å²) in [6.45, 7) is 4.56. The SMILES string of the molecule is CCOc1ccc(C(C)NC(=O)c2ccc(-n3cccn3)cc2)cc1. The lowest BCUT2D eigenvalue weighted by atomic mass is 10.1. The van der Waals surface area contributed by atoms with E-state index in [1.807, 2.05) is 62.5 Å².